The van der Waals surface area contributed by atoms with Gasteiger partial charge in [0.25, 0.3) is 11.2 Å². The Balaban J connectivity index is 1.82. The summed E-state index contributed by atoms with van der Waals surface area (Å²) in [5, 5.41) is 11.2. The summed E-state index contributed by atoms with van der Waals surface area (Å²) in [6.07, 6.45) is 1.15. The average Bonchev–Trinajstić information content (AvgIpc) is 2.66. The molecule has 0 aliphatic heterocycles. The molecule has 0 spiro atoms. The summed E-state index contributed by atoms with van der Waals surface area (Å²) in [5.74, 6) is -0.984. The van der Waals surface area contributed by atoms with E-state index in [1.54, 1.807) is 0 Å². The van der Waals surface area contributed by atoms with Gasteiger partial charge >= 0.3 is 0 Å². The first-order valence-electron chi connectivity index (χ1n) is 8.08. The molecule has 0 radical (unpaired) electrons. The fraction of sp³-hybridized carbons (Fsp3) is 0.167. The van der Waals surface area contributed by atoms with Gasteiger partial charge in [0, 0.05) is 36.3 Å². The first kappa shape index (κ1) is 19.4. The lowest BCUT2D eigenvalue weighted by Crippen LogP contribution is -2.34. The Labute approximate surface area is 162 Å². The van der Waals surface area contributed by atoms with Crippen LogP contribution in [0, 0.1) is 15.9 Å². The van der Waals surface area contributed by atoms with Crippen molar-refractivity contribution in [3.63, 3.8) is 0 Å². The second kappa shape index (κ2) is 7.73. The Bertz CT molecular complexity index is 1130. The van der Waals surface area contributed by atoms with Crippen LogP contribution < -0.4 is 5.56 Å². The molecule has 10 heteroatoms. The normalized spacial score (nSPS) is 10.8. The molecule has 2 aromatic carbocycles. The number of aromatic nitrogens is 2. The van der Waals surface area contributed by atoms with E-state index < -0.39 is 22.2 Å². The summed E-state index contributed by atoms with van der Waals surface area (Å²) in [4.78, 5) is 40.5. The first-order chi connectivity index (χ1) is 13.3. The third kappa shape index (κ3) is 3.84. The summed E-state index contributed by atoms with van der Waals surface area (Å²) in [7, 11) is 1.47. The molecule has 0 bridgehead atoms. The number of nitro benzene ring substituents is 1. The largest absolute Gasteiger partial charge is 0.340 e. The zero-order valence-electron chi connectivity index (χ0n) is 14.6. The summed E-state index contributed by atoms with van der Waals surface area (Å²) < 4.78 is 15.0. The number of benzene rings is 2. The number of nitro groups is 1. The molecule has 1 aromatic heterocycles. The maximum Gasteiger partial charge on any atom is 0.271 e. The van der Waals surface area contributed by atoms with Crippen LogP contribution in [-0.2, 0) is 17.9 Å². The van der Waals surface area contributed by atoms with Crippen molar-refractivity contribution < 1.29 is 14.1 Å². The highest BCUT2D eigenvalue weighted by Crippen LogP contribution is 2.20. The van der Waals surface area contributed by atoms with E-state index in [1.165, 1.54) is 48.3 Å². The van der Waals surface area contributed by atoms with E-state index in [2.05, 4.69) is 4.98 Å². The van der Waals surface area contributed by atoms with E-state index in [0.29, 0.717) is 0 Å². The predicted octanol–water partition coefficient (Wildman–Crippen LogP) is 2.76. The van der Waals surface area contributed by atoms with Gasteiger partial charge in [0.1, 0.15) is 12.4 Å². The Hall–Kier alpha value is -3.33. The molecule has 3 aromatic rings. The summed E-state index contributed by atoms with van der Waals surface area (Å²) in [5.41, 5.74) is -0.356. The lowest BCUT2D eigenvalue weighted by molar-refractivity contribution is -0.384. The number of fused-ring (bicyclic) bond motifs is 1. The quantitative estimate of drug-likeness (QED) is 0.481. The van der Waals surface area contributed by atoms with Crippen molar-refractivity contribution in [2.24, 2.45) is 0 Å². The van der Waals surface area contributed by atoms with Crippen molar-refractivity contribution in [3.05, 3.63) is 79.6 Å². The monoisotopic (exact) mass is 404 g/mol. The van der Waals surface area contributed by atoms with Crippen molar-refractivity contribution in [1.82, 2.24) is 14.5 Å². The lowest BCUT2D eigenvalue weighted by Gasteiger charge is -2.19. The summed E-state index contributed by atoms with van der Waals surface area (Å²) in [6, 6.07) is 7.92. The standard InChI is InChI=1S/C18H14ClFN4O4/c1-22(8-13-14(19)3-2-4-15(13)20)17(25)9-23-10-21-16-7-11(24(27)28)5-6-12(16)18(23)26/h2-7,10H,8-9H2,1H3. The van der Waals surface area contributed by atoms with Crippen LogP contribution in [0.1, 0.15) is 5.56 Å². The van der Waals surface area contributed by atoms with E-state index in [1.807, 2.05) is 0 Å². The molecule has 8 nitrogen and oxygen atoms in total. The van der Waals surface area contributed by atoms with Crippen molar-refractivity contribution in [2.75, 3.05) is 7.05 Å². The lowest BCUT2D eigenvalue weighted by atomic mass is 10.2. The second-order valence-electron chi connectivity index (χ2n) is 6.09. The molecule has 28 heavy (non-hydrogen) atoms. The van der Waals surface area contributed by atoms with Crippen LogP contribution in [-0.4, -0.2) is 32.3 Å². The highest BCUT2D eigenvalue weighted by molar-refractivity contribution is 6.31. The fourth-order valence-electron chi connectivity index (χ4n) is 2.65. The minimum absolute atomic E-state index is 0.0632. The number of hydrogen-bond acceptors (Lipinski definition) is 5. The van der Waals surface area contributed by atoms with Gasteiger partial charge in [-0.1, -0.05) is 17.7 Å². The minimum atomic E-state index is -0.584. The Morgan fingerprint density at radius 2 is 2.11 bits per heavy atom. The van der Waals surface area contributed by atoms with Gasteiger partial charge in [0.15, 0.2) is 0 Å². The number of hydrogen-bond donors (Lipinski definition) is 0. The molecule has 3 rings (SSSR count). The third-order valence-corrected chi connectivity index (χ3v) is 4.56. The van der Waals surface area contributed by atoms with Gasteiger partial charge in [0.05, 0.1) is 22.2 Å². The van der Waals surface area contributed by atoms with Crippen LogP contribution in [0.15, 0.2) is 47.5 Å². The van der Waals surface area contributed by atoms with Gasteiger partial charge in [0.2, 0.25) is 5.91 Å². The van der Waals surface area contributed by atoms with Crippen molar-refractivity contribution in [2.45, 2.75) is 13.1 Å². The Morgan fingerprint density at radius 1 is 1.36 bits per heavy atom. The fourth-order valence-corrected chi connectivity index (χ4v) is 2.87. The van der Waals surface area contributed by atoms with Crippen molar-refractivity contribution in [3.8, 4) is 0 Å². The van der Waals surface area contributed by atoms with Crippen LogP contribution in [0.2, 0.25) is 5.02 Å². The topological polar surface area (TPSA) is 98.3 Å². The summed E-state index contributed by atoms with van der Waals surface area (Å²) >= 11 is 5.97. The Morgan fingerprint density at radius 3 is 2.79 bits per heavy atom. The molecule has 0 saturated carbocycles. The maximum absolute atomic E-state index is 13.9. The molecule has 0 aliphatic carbocycles. The van der Waals surface area contributed by atoms with Crippen LogP contribution in [0.25, 0.3) is 10.9 Å². The van der Waals surface area contributed by atoms with Gasteiger partial charge < -0.3 is 4.90 Å². The molecule has 0 N–H and O–H groups in total. The van der Waals surface area contributed by atoms with E-state index in [9.17, 15) is 24.1 Å². The number of non-ortho nitro benzene ring substituents is 1. The predicted molar refractivity (Wildman–Crippen MR) is 101 cm³/mol. The number of amides is 1. The minimum Gasteiger partial charge on any atom is -0.340 e. The summed E-state index contributed by atoms with van der Waals surface area (Å²) in [6.45, 7) is -0.381. The first-order valence-corrected chi connectivity index (χ1v) is 8.46. The van der Waals surface area contributed by atoms with Crippen molar-refractivity contribution >= 4 is 34.1 Å². The number of likely N-dealkylation sites (N-methyl/N-ethyl adjacent to an activating group) is 1. The molecule has 0 unspecified atom stereocenters. The molecule has 0 saturated heterocycles. The van der Waals surface area contributed by atoms with E-state index in [-0.39, 0.29) is 40.3 Å². The maximum atomic E-state index is 13.9. The number of carbonyl (C=O) groups is 1. The van der Waals surface area contributed by atoms with Gasteiger partial charge in [-0.25, -0.2) is 9.37 Å². The number of rotatable bonds is 5. The van der Waals surface area contributed by atoms with Crippen LogP contribution in [0.4, 0.5) is 10.1 Å². The van der Waals surface area contributed by atoms with Gasteiger partial charge in [-0.15, -0.1) is 0 Å². The zero-order chi connectivity index (χ0) is 20.4. The van der Waals surface area contributed by atoms with Gasteiger partial charge in [-0.3, -0.25) is 24.3 Å². The molecule has 144 valence electrons. The third-order valence-electron chi connectivity index (χ3n) is 4.21. The smallest absolute Gasteiger partial charge is 0.271 e. The van der Waals surface area contributed by atoms with E-state index in [4.69, 9.17) is 11.6 Å². The molecule has 0 aliphatic rings. The SMILES string of the molecule is CN(Cc1c(F)cccc1Cl)C(=O)Cn1cnc2cc([N+](=O)[O-])ccc2c1=O. The molecule has 1 heterocycles. The van der Waals surface area contributed by atoms with E-state index in [0.717, 1.165) is 10.9 Å². The highest BCUT2D eigenvalue weighted by Gasteiger charge is 2.17. The van der Waals surface area contributed by atoms with Gasteiger partial charge in [-0.2, -0.15) is 0 Å². The second-order valence-corrected chi connectivity index (χ2v) is 6.49. The van der Waals surface area contributed by atoms with Crippen molar-refractivity contribution in [1.29, 1.82) is 0 Å². The number of carbonyl (C=O) groups excluding carboxylic acids is 1. The zero-order valence-corrected chi connectivity index (χ0v) is 15.4. The molecule has 0 atom stereocenters. The molecular weight excluding hydrogens is 391 g/mol. The average molecular weight is 405 g/mol. The highest BCUT2D eigenvalue weighted by atomic mass is 35.5. The van der Waals surface area contributed by atoms with Gasteiger partial charge in [-0.05, 0) is 18.2 Å². The number of nitrogens with zero attached hydrogens (tertiary/aromatic N) is 4. The Kier molecular flexibility index (Phi) is 5.36. The van der Waals surface area contributed by atoms with Crippen LogP contribution in [0.3, 0.4) is 0 Å². The number of halogens is 2. The molecular formula is C18H14ClFN4O4. The molecule has 0 fully saturated rings. The van der Waals surface area contributed by atoms with Crippen LogP contribution >= 0.6 is 11.6 Å². The molecule has 1 amide bonds. The van der Waals surface area contributed by atoms with E-state index >= 15 is 0 Å². The van der Waals surface area contributed by atoms with Crippen LogP contribution in [0.5, 0.6) is 0 Å².